The summed E-state index contributed by atoms with van der Waals surface area (Å²) in [5.74, 6) is 0.494. The molecule has 0 bridgehead atoms. The Morgan fingerprint density at radius 2 is 1.88 bits per heavy atom. The van der Waals surface area contributed by atoms with Crippen LogP contribution >= 0.6 is 23.4 Å². The minimum Gasteiger partial charge on any atom is -0.355 e. The summed E-state index contributed by atoms with van der Waals surface area (Å²) in [6, 6.07) is 16.3. The Kier molecular flexibility index (Phi) is 9.09. The number of hydrogen-bond donors (Lipinski definition) is 2. The Bertz CT molecular complexity index is 1090. The van der Waals surface area contributed by atoms with Crippen LogP contribution in [0.2, 0.25) is 5.02 Å². The van der Waals surface area contributed by atoms with E-state index in [1.54, 1.807) is 30.3 Å². The van der Waals surface area contributed by atoms with E-state index in [1.165, 1.54) is 17.3 Å². The first-order chi connectivity index (χ1) is 16.0. The minimum atomic E-state index is -0.394. The number of nitrogens with zero attached hydrogens (tertiary/aromatic N) is 3. The van der Waals surface area contributed by atoms with Gasteiger partial charge in [0.2, 0.25) is 5.91 Å². The maximum atomic E-state index is 12.5. The van der Waals surface area contributed by atoms with Crippen LogP contribution in [0.25, 0.3) is 0 Å². The maximum Gasteiger partial charge on any atom is 0.251 e. The summed E-state index contributed by atoms with van der Waals surface area (Å²) >= 11 is 7.19. The molecule has 1 aromatic heterocycles. The lowest BCUT2D eigenvalue weighted by molar-refractivity contribution is -0.118. The molecular weight excluding hydrogens is 458 g/mol. The Morgan fingerprint density at radius 1 is 1.15 bits per heavy atom. The van der Waals surface area contributed by atoms with Crippen LogP contribution in [-0.2, 0) is 17.8 Å². The van der Waals surface area contributed by atoms with Crippen molar-refractivity contribution in [2.45, 2.75) is 31.1 Å². The molecule has 1 atom stereocenters. The van der Waals surface area contributed by atoms with Gasteiger partial charge in [0.15, 0.2) is 11.0 Å². The second-order valence-electron chi connectivity index (χ2n) is 7.32. The summed E-state index contributed by atoms with van der Waals surface area (Å²) in [7, 11) is 0. The average molecular weight is 484 g/mol. The molecule has 0 saturated heterocycles. The SMILES string of the molecule is C=CCn1c(SCC(=O)NCCc2ccccc2)nnc1[C@H](C)NC(=O)c1ccc(Cl)cc1. The van der Waals surface area contributed by atoms with Crippen LogP contribution in [0.1, 0.15) is 34.7 Å². The molecule has 172 valence electrons. The molecule has 0 saturated carbocycles. The molecule has 2 N–H and O–H groups in total. The lowest BCUT2D eigenvalue weighted by Crippen LogP contribution is -2.29. The number of nitrogens with one attached hydrogen (secondary N) is 2. The van der Waals surface area contributed by atoms with Crippen LogP contribution in [-0.4, -0.2) is 38.9 Å². The van der Waals surface area contributed by atoms with Crippen molar-refractivity contribution in [1.82, 2.24) is 25.4 Å². The molecule has 2 aromatic carbocycles. The molecule has 7 nitrogen and oxygen atoms in total. The predicted molar refractivity (Wildman–Crippen MR) is 131 cm³/mol. The van der Waals surface area contributed by atoms with Gasteiger partial charge in [-0.3, -0.25) is 9.59 Å². The fraction of sp³-hybridized carbons (Fsp3) is 0.250. The maximum absolute atomic E-state index is 12.5. The number of rotatable bonds is 11. The van der Waals surface area contributed by atoms with E-state index in [-0.39, 0.29) is 17.6 Å². The molecule has 0 unspecified atom stereocenters. The highest BCUT2D eigenvalue weighted by molar-refractivity contribution is 7.99. The molecule has 0 aliphatic carbocycles. The third kappa shape index (κ3) is 7.20. The van der Waals surface area contributed by atoms with Gasteiger partial charge in [-0.15, -0.1) is 16.8 Å². The quantitative estimate of drug-likeness (QED) is 0.317. The number of allylic oxidation sites excluding steroid dienone is 1. The Balaban J connectivity index is 1.56. The van der Waals surface area contributed by atoms with Crippen LogP contribution in [0.15, 0.2) is 72.4 Å². The van der Waals surface area contributed by atoms with E-state index in [1.807, 2.05) is 41.8 Å². The van der Waals surface area contributed by atoms with E-state index < -0.39 is 6.04 Å². The smallest absolute Gasteiger partial charge is 0.251 e. The van der Waals surface area contributed by atoms with Gasteiger partial charge in [-0.25, -0.2) is 0 Å². The van der Waals surface area contributed by atoms with E-state index in [9.17, 15) is 9.59 Å². The zero-order chi connectivity index (χ0) is 23.6. The van der Waals surface area contributed by atoms with Crippen LogP contribution in [0, 0.1) is 0 Å². The molecule has 3 rings (SSSR count). The van der Waals surface area contributed by atoms with Gasteiger partial charge in [0, 0.05) is 23.7 Å². The van der Waals surface area contributed by atoms with E-state index in [2.05, 4.69) is 27.4 Å². The molecule has 1 heterocycles. The molecular formula is C24H26ClN5O2S. The number of halogens is 1. The number of amides is 2. The summed E-state index contributed by atoms with van der Waals surface area (Å²) in [5.41, 5.74) is 1.68. The van der Waals surface area contributed by atoms with Crippen molar-refractivity contribution in [1.29, 1.82) is 0 Å². The number of carbonyl (C=O) groups is 2. The third-order valence-electron chi connectivity index (χ3n) is 4.81. The Labute approximate surface area is 202 Å². The number of hydrogen-bond acceptors (Lipinski definition) is 5. The van der Waals surface area contributed by atoms with Crippen molar-refractivity contribution in [3.05, 3.63) is 89.2 Å². The van der Waals surface area contributed by atoms with Gasteiger partial charge in [-0.05, 0) is 43.2 Å². The molecule has 3 aromatic rings. The largest absolute Gasteiger partial charge is 0.355 e. The third-order valence-corrected chi connectivity index (χ3v) is 6.03. The van der Waals surface area contributed by atoms with E-state index in [4.69, 9.17) is 11.6 Å². The number of carbonyl (C=O) groups excluding carboxylic acids is 2. The van der Waals surface area contributed by atoms with Crippen LogP contribution in [0.4, 0.5) is 0 Å². The van der Waals surface area contributed by atoms with Crippen LogP contribution in [0.5, 0.6) is 0 Å². The summed E-state index contributed by atoms with van der Waals surface area (Å²) in [6.07, 6.45) is 2.50. The summed E-state index contributed by atoms with van der Waals surface area (Å²) in [4.78, 5) is 24.8. The van der Waals surface area contributed by atoms with Crippen LogP contribution < -0.4 is 10.6 Å². The van der Waals surface area contributed by atoms with Gasteiger partial charge >= 0.3 is 0 Å². The zero-order valence-corrected chi connectivity index (χ0v) is 19.9. The number of aromatic nitrogens is 3. The van der Waals surface area contributed by atoms with Crippen molar-refractivity contribution in [2.75, 3.05) is 12.3 Å². The minimum absolute atomic E-state index is 0.0743. The Morgan fingerprint density at radius 3 is 2.58 bits per heavy atom. The second-order valence-corrected chi connectivity index (χ2v) is 8.70. The highest BCUT2D eigenvalue weighted by Gasteiger charge is 2.20. The average Bonchev–Trinajstić information content (AvgIpc) is 3.21. The highest BCUT2D eigenvalue weighted by Crippen LogP contribution is 2.21. The normalized spacial score (nSPS) is 11.6. The fourth-order valence-electron chi connectivity index (χ4n) is 3.15. The van der Waals surface area contributed by atoms with E-state index in [0.29, 0.717) is 34.7 Å². The number of benzene rings is 2. The van der Waals surface area contributed by atoms with Crippen LogP contribution in [0.3, 0.4) is 0 Å². The first-order valence-corrected chi connectivity index (χ1v) is 11.9. The molecule has 0 spiro atoms. The van der Waals surface area contributed by atoms with Gasteiger partial charge in [0.25, 0.3) is 5.91 Å². The lowest BCUT2D eigenvalue weighted by atomic mass is 10.1. The van der Waals surface area contributed by atoms with Gasteiger partial charge in [-0.1, -0.05) is 59.8 Å². The molecule has 2 amide bonds. The molecule has 9 heteroatoms. The lowest BCUT2D eigenvalue weighted by Gasteiger charge is -2.15. The molecule has 0 aliphatic rings. The van der Waals surface area contributed by atoms with E-state index >= 15 is 0 Å². The molecule has 0 aliphatic heterocycles. The highest BCUT2D eigenvalue weighted by atomic mass is 35.5. The first kappa shape index (κ1) is 24.5. The Hall–Kier alpha value is -3.10. The van der Waals surface area contributed by atoms with Gasteiger partial charge < -0.3 is 15.2 Å². The number of thioether (sulfide) groups is 1. The molecule has 0 fully saturated rings. The van der Waals surface area contributed by atoms with E-state index in [0.717, 1.165) is 6.42 Å². The molecule has 33 heavy (non-hydrogen) atoms. The fourth-order valence-corrected chi connectivity index (χ4v) is 4.06. The predicted octanol–water partition coefficient (Wildman–Crippen LogP) is 4.06. The first-order valence-electron chi connectivity index (χ1n) is 10.5. The van der Waals surface area contributed by atoms with Crippen molar-refractivity contribution in [3.8, 4) is 0 Å². The van der Waals surface area contributed by atoms with Crippen molar-refractivity contribution >= 4 is 35.2 Å². The van der Waals surface area contributed by atoms with Crippen molar-refractivity contribution in [2.24, 2.45) is 0 Å². The second kappa shape index (κ2) is 12.2. The summed E-state index contributed by atoms with van der Waals surface area (Å²) in [5, 5.41) is 15.5. The van der Waals surface area contributed by atoms with Gasteiger partial charge in [-0.2, -0.15) is 0 Å². The van der Waals surface area contributed by atoms with Gasteiger partial charge in [0.05, 0.1) is 11.8 Å². The monoisotopic (exact) mass is 483 g/mol. The summed E-state index contributed by atoms with van der Waals surface area (Å²) < 4.78 is 1.85. The zero-order valence-electron chi connectivity index (χ0n) is 18.3. The van der Waals surface area contributed by atoms with Gasteiger partial charge in [0.1, 0.15) is 0 Å². The molecule has 0 radical (unpaired) electrons. The summed E-state index contributed by atoms with van der Waals surface area (Å²) in [6.45, 7) is 6.66. The van der Waals surface area contributed by atoms with Crippen molar-refractivity contribution < 1.29 is 9.59 Å². The topological polar surface area (TPSA) is 88.9 Å². The van der Waals surface area contributed by atoms with Crippen molar-refractivity contribution in [3.63, 3.8) is 0 Å². The standard InChI is InChI=1S/C24H26ClN5O2S/c1-3-15-30-22(17(2)27-23(32)19-9-11-20(25)12-10-19)28-29-24(30)33-16-21(31)26-14-13-18-7-5-4-6-8-18/h3-12,17H,1,13-16H2,2H3,(H,26,31)(H,27,32)/t17-/m0/s1.